The lowest BCUT2D eigenvalue weighted by Crippen LogP contribution is -2.13. The largest absolute Gasteiger partial charge is 0.296 e. The van der Waals surface area contributed by atoms with Crippen LogP contribution in [0.1, 0.15) is 33.9 Å². The molecule has 92 valence electrons. The molecule has 0 radical (unpaired) electrons. The minimum absolute atomic E-state index is 0.193. The van der Waals surface area contributed by atoms with Gasteiger partial charge in [0.25, 0.3) is 5.91 Å². The molecule has 0 bridgehead atoms. The van der Waals surface area contributed by atoms with Crippen molar-refractivity contribution >= 4 is 22.4 Å². The number of hydrogen-bond donors (Lipinski definition) is 1. The average molecular weight is 259 g/mol. The van der Waals surface area contributed by atoms with Crippen molar-refractivity contribution < 1.29 is 4.79 Å². The third-order valence-electron chi connectivity index (χ3n) is 2.96. The summed E-state index contributed by atoms with van der Waals surface area (Å²) in [5, 5.41) is 3.51. The summed E-state index contributed by atoms with van der Waals surface area (Å²) < 4.78 is 0. The van der Waals surface area contributed by atoms with E-state index in [2.05, 4.69) is 15.3 Å². The van der Waals surface area contributed by atoms with Gasteiger partial charge in [-0.2, -0.15) is 0 Å². The van der Waals surface area contributed by atoms with Gasteiger partial charge >= 0.3 is 0 Å². The van der Waals surface area contributed by atoms with Crippen molar-refractivity contribution in [3.05, 3.63) is 40.7 Å². The number of nitrogens with one attached hydrogen (secondary N) is 1. The van der Waals surface area contributed by atoms with Gasteiger partial charge in [0.1, 0.15) is 5.69 Å². The third-order valence-corrected chi connectivity index (χ3v) is 4.04. The Morgan fingerprint density at radius 1 is 1.28 bits per heavy atom. The van der Waals surface area contributed by atoms with Gasteiger partial charge in [-0.15, -0.1) is 11.3 Å². The second kappa shape index (κ2) is 4.86. The Kier molecular flexibility index (Phi) is 3.06. The number of hydrogen-bond acceptors (Lipinski definition) is 4. The zero-order valence-corrected chi connectivity index (χ0v) is 10.7. The molecule has 1 aliphatic carbocycles. The summed E-state index contributed by atoms with van der Waals surface area (Å²) in [5.41, 5.74) is 1.58. The number of anilines is 1. The van der Waals surface area contributed by atoms with Gasteiger partial charge in [-0.05, 0) is 37.8 Å². The summed E-state index contributed by atoms with van der Waals surface area (Å²) in [6.07, 6.45) is 6.16. The number of pyridine rings is 1. The van der Waals surface area contributed by atoms with Crippen molar-refractivity contribution in [3.8, 4) is 0 Å². The maximum Gasteiger partial charge on any atom is 0.276 e. The third kappa shape index (κ3) is 2.26. The van der Waals surface area contributed by atoms with E-state index in [9.17, 15) is 4.79 Å². The Morgan fingerprint density at radius 3 is 2.94 bits per heavy atom. The normalized spacial score (nSPS) is 14.0. The highest BCUT2D eigenvalue weighted by Crippen LogP contribution is 2.29. The SMILES string of the molecule is O=C(Nc1nc2c(s1)CCCC2)c1ccccn1. The molecule has 3 rings (SSSR count). The van der Waals surface area contributed by atoms with E-state index in [-0.39, 0.29) is 5.91 Å². The molecule has 0 aromatic carbocycles. The van der Waals surface area contributed by atoms with E-state index in [1.165, 1.54) is 17.7 Å². The van der Waals surface area contributed by atoms with E-state index in [0.717, 1.165) is 18.5 Å². The highest BCUT2D eigenvalue weighted by Gasteiger charge is 2.16. The van der Waals surface area contributed by atoms with Gasteiger partial charge in [0, 0.05) is 11.1 Å². The van der Waals surface area contributed by atoms with Gasteiger partial charge in [-0.25, -0.2) is 4.98 Å². The Balaban J connectivity index is 1.77. The van der Waals surface area contributed by atoms with Crippen LogP contribution in [0.4, 0.5) is 5.13 Å². The molecule has 0 saturated heterocycles. The Labute approximate surface area is 109 Å². The summed E-state index contributed by atoms with van der Waals surface area (Å²) in [7, 11) is 0. The van der Waals surface area contributed by atoms with Crippen molar-refractivity contribution in [1.29, 1.82) is 0 Å². The fourth-order valence-electron chi connectivity index (χ4n) is 2.06. The van der Waals surface area contributed by atoms with Crippen molar-refractivity contribution in [3.63, 3.8) is 0 Å². The van der Waals surface area contributed by atoms with E-state index in [1.54, 1.807) is 35.7 Å². The molecule has 0 aliphatic heterocycles. The smallest absolute Gasteiger partial charge is 0.276 e. The zero-order valence-electron chi connectivity index (χ0n) is 9.85. The quantitative estimate of drug-likeness (QED) is 0.902. The van der Waals surface area contributed by atoms with Crippen LogP contribution in [-0.2, 0) is 12.8 Å². The lowest BCUT2D eigenvalue weighted by atomic mass is 10.0. The van der Waals surface area contributed by atoms with Gasteiger partial charge in [-0.1, -0.05) is 6.07 Å². The molecule has 2 heterocycles. The molecule has 0 saturated carbocycles. The number of aryl methyl sites for hydroxylation is 2. The van der Waals surface area contributed by atoms with E-state index in [4.69, 9.17) is 0 Å². The molecule has 0 fully saturated rings. The molecule has 1 N–H and O–H groups in total. The van der Waals surface area contributed by atoms with Crippen LogP contribution in [0, 0.1) is 0 Å². The highest BCUT2D eigenvalue weighted by molar-refractivity contribution is 7.15. The first-order valence-electron chi connectivity index (χ1n) is 6.04. The van der Waals surface area contributed by atoms with Gasteiger partial charge in [0.05, 0.1) is 5.69 Å². The predicted octanol–water partition coefficient (Wildman–Crippen LogP) is 2.67. The van der Waals surface area contributed by atoms with Gasteiger partial charge in [0.15, 0.2) is 5.13 Å². The molecule has 4 nitrogen and oxygen atoms in total. The summed E-state index contributed by atoms with van der Waals surface area (Å²) >= 11 is 1.59. The van der Waals surface area contributed by atoms with Crippen molar-refractivity contribution in [2.45, 2.75) is 25.7 Å². The van der Waals surface area contributed by atoms with Crippen LogP contribution in [0.5, 0.6) is 0 Å². The van der Waals surface area contributed by atoms with Crippen molar-refractivity contribution in [1.82, 2.24) is 9.97 Å². The van der Waals surface area contributed by atoms with Crippen molar-refractivity contribution in [2.75, 3.05) is 5.32 Å². The molecule has 2 aromatic rings. The molecule has 1 amide bonds. The van der Waals surface area contributed by atoms with Crippen LogP contribution >= 0.6 is 11.3 Å². The van der Waals surface area contributed by atoms with Crippen LogP contribution in [0.3, 0.4) is 0 Å². The van der Waals surface area contributed by atoms with Crippen LogP contribution < -0.4 is 5.32 Å². The van der Waals surface area contributed by atoms with E-state index in [0.29, 0.717) is 10.8 Å². The first-order chi connectivity index (χ1) is 8.83. The summed E-state index contributed by atoms with van der Waals surface area (Å²) in [4.78, 5) is 21.7. The number of amides is 1. The van der Waals surface area contributed by atoms with Gasteiger partial charge in [0.2, 0.25) is 0 Å². The first-order valence-corrected chi connectivity index (χ1v) is 6.85. The lowest BCUT2D eigenvalue weighted by molar-refractivity contribution is 0.102. The standard InChI is InChI=1S/C13H13N3OS/c17-12(10-6-3-4-8-14-10)16-13-15-9-5-1-2-7-11(9)18-13/h3-4,6,8H,1-2,5,7H2,(H,15,16,17). The van der Waals surface area contributed by atoms with Crippen LogP contribution in [0.2, 0.25) is 0 Å². The number of thiazole rings is 1. The maximum absolute atomic E-state index is 11.9. The molecule has 1 aliphatic rings. The Morgan fingerprint density at radius 2 is 2.17 bits per heavy atom. The average Bonchev–Trinajstić information content (AvgIpc) is 2.82. The Hall–Kier alpha value is -1.75. The summed E-state index contributed by atoms with van der Waals surface area (Å²) in [6.45, 7) is 0. The molecule has 0 unspecified atom stereocenters. The topological polar surface area (TPSA) is 54.9 Å². The van der Waals surface area contributed by atoms with E-state index >= 15 is 0 Å². The number of carbonyl (C=O) groups excluding carboxylic acids is 1. The van der Waals surface area contributed by atoms with Gasteiger partial charge in [-0.3, -0.25) is 15.1 Å². The van der Waals surface area contributed by atoms with E-state index in [1.807, 2.05) is 0 Å². The second-order valence-corrected chi connectivity index (χ2v) is 5.35. The molecule has 0 spiro atoms. The molecule has 18 heavy (non-hydrogen) atoms. The van der Waals surface area contributed by atoms with Gasteiger partial charge < -0.3 is 0 Å². The fourth-order valence-corrected chi connectivity index (χ4v) is 3.11. The maximum atomic E-state index is 11.9. The summed E-state index contributed by atoms with van der Waals surface area (Å²) in [6, 6.07) is 5.29. The molecular weight excluding hydrogens is 246 g/mol. The minimum Gasteiger partial charge on any atom is -0.296 e. The summed E-state index contributed by atoms with van der Waals surface area (Å²) in [5.74, 6) is -0.193. The van der Waals surface area contributed by atoms with Crippen LogP contribution in [0.15, 0.2) is 24.4 Å². The van der Waals surface area contributed by atoms with Crippen molar-refractivity contribution in [2.24, 2.45) is 0 Å². The molecule has 0 atom stereocenters. The predicted molar refractivity (Wildman–Crippen MR) is 70.9 cm³/mol. The fraction of sp³-hybridized carbons (Fsp3) is 0.308. The first kappa shape index (κ1) is 11.3. The monoisotopic (exact) mass is 259 g/mol. The minimum atomic E-state index is -0.193. The second-order valence-electron chi connectivity index (χ2n) is 4.27. The lowest BCUT2D eigenvalue weighted by Gasteiger charge is -2.06. The Bertz CT molecular complexity index is 541. The molecule has 5 heteroatoms. The number of fused-ring (bicyclic) bond motifs is 1. The number of aromatic nitrogens is 2. The highest BCUT2D eigenvalue weighted by atomic mass is 32.1. The van der Waals surface area contributed by atoms with Crippen LogP contribution in [-0.4, -0.2) is 15.9 Å². The molecular formula is C13H13N3OS. The molecule has 2 aromatic heterocycles. The zero-order chi connectivity index (χ0) is 12.4. The van der Waals surface area contributed by atoms with Crippen LogP contribution in [0.25, 0.3) is 0 Å². The van der Waals surface area contributed by atoms with E-state index < -0.39 is 0 Å². The number of rotatable bonds is 2. The number of nitrogens with zero attached hydrogens (tertiary/aromatic N) is 2. The number of carbonyl (C=O) groups is 1.